The second-order valence-electron chi connectivity index (χ2n) is 4.29. The fourth-order valence-corrected chi connectivity index (χ4v) is 1.78. The molecule has 0 aromatic heterocycles. The minimum atomic E-state index is -0.368. The monoisotopic (exact) mass is 257 g/mol. The van der Waals surface area contributed by atoms with Crippen molar-refractivity contribution in [2.75, 3.05) is 26.8 Å². The van der Waals surface area contributed by atoms with Gasteiger partial charge in [0.25, 0.3) is 0 Å². The maximum Gasteiger partial charge on any atom is 0.126 e. The highest BCUT2D eigenvalue weighted by Crippen LogP contribution is 2.13. The highest BCUT2D eigenvalue weighted by molar-refractivity contribution is 5.18. The van der Waals surface area contributed by atoms with Crippen LogP contribution in [0.15, 0.2) is 18.2 Å². The zero-order valence-electron chi connectivity index (χ0n) is 10.8. The van der Waals surface area contributed by atoms with Crippen LogP contribution in [-0.4, -0.2) is 26.8 Å². The molecule has 0 aliphatic heterocycles. The molecule has 1 N–H and O–H groups in total. The van der Waals surface area contributed by atoms with Gasteiger partial charge < -0.3 is 10.1 Å². The molecular weight excluding hydrogens is 236 g/mol. The lowest BCUT2D eigenvalue weighted by molar-refractivity contribution is 0.199. The van der Waals surface area contributed by atoms with E-state index in [0.29, 0.717) is 18.6 Å². The Morgan fingerprint density at radius 3 is 2.72 bits per heavy atom. The summed E-state index contributed by atoms with van der Waals surface area (Å²) in [4.78, 5) is 0. The van der Waals surface area contributed by atoms with Gasteiger partial charge in [0.2, 0.25) is 0 Å². The average Bonchev–Trinajstić information content (AvgIpc) is 2.36. The predicted molar refractivity (Wildman–Crippen MR) is 68.7 cm³/mol. The lowest BCUT2D eigenvalue weighted by Crippen LogP contribution is -2.20. The molecular formula is C14H21F2NO. The van der Waals surface area contributed by atoms with Crippen molar-refractivity contribution < 1.29 is 13.5 Å². The summed E-state index contributed by atoms with van der Waals surface area (Å²) >= 11 is 0. The van der Waals surface area contributed by atoms with Crippen LogP contribution in [0.4, 0.5) is 8.78 Å². The molecule has 0 atom stereocenters. The smallest absolute Gasteiger partial charge is 0.126 e. The van der Waals surface area contributed by atoms with Crippen LogP contribution in [0.2, 0.25) is 0 Å². The largest absolute Gasteiger partial charge is 0.383 e. The number of rotatable bonds is 9. The standard InChI is InChI=1S/C14H21F2NO/c1-18-10-9-17-8-4-2-3-5-12-11-13(15)6-7-14(12)16/h6-7,11,17H,2-5,8-10H2,1H3. The van der Waals surface area contributed by atoms with Crippen LogP contribution in [0, 0.1) is 11.6 Å². The number of halogens is 2. The van der Waals surface area contributed by atoms with Gasteiger partial charge in [0, 0.05) is 13.7 Å². The molecule has 1 rings (SSSR count). The number of hydrogen-bond donors (Lipinski definition) is 1. The summed E-state index contributed by atoms with van der Waals surface area (Å²) in [6.45, 7) is 2.51. The Bertz CT molecular complexity index is 345. The molecule has 0 amide bonds. The fraction of sp³-hybridized carbons (Fsp3) is 0.571. The summed E-state index contributed by atoms with van der Waals surface area (Å²) in [6, 6.07) is 3.63. The van der Waals surface area contributed by atoms with Crippen molar-refractivity contribution >= 4 is 0 Å². The van der Waals surface area contributed by atoms with Crippen molar-refractivity contribution in [1.29, 1.82) is 0 Å². The third kappa shape index (κ3) is 6.07. The first-order valence-corrected chi connectivity index (χ1v) is 6.37. The molecule has 0 saturated heterocycles. The molecule has 18 heavy (non-hydrogen) atoms. The van der Waals surface area contributed by atoms with E-state index in [1.54, 1.807) is 7.11 Å². The first kappa shape index (κ1) is 15.1. The number of benzene rings is 1. The second-order valence-corrected chi connectivity index (χ2v) is 4.29. The van der Waals surface area contributed by atoms with E-state index in [1.807, 2.05) is 0 Å². The van der Waals surface area contributed by atoms with Gasteiger partial charge in [0.15, 0.2) is 0 Å². The molecule has 0 heterocycles. The fourth-order valence-electron chi connectivity index (χ4n) is 1.78. The Balaban J connectivity index is 2.09. The van der Waals surface area contributed by atoms with E-state index in [-0.39, 0.29) is 11.6 Å². The van der Waals surface area contributed by atoms with Crippen LogP contribution >= 0.6 is 0 Å². The zero-order valence-corrected chi connectivity index (χ0v) is 10.8. The van der Waals surface area contributed by atoms with Gasteiger partial charge in [-0.15, -0.1) is 0 Å². The van der Waals surface area contributed by atoms with Crippen molar-refractivity contribution in [3.05, 3.63) is 35.4 Å². The van der Waals surface area contributed by atoms with Gasteiger partial charge in [0.05, 0.1) is 6.61 Å². The summed E-state index contributed by atoms with van der Waals surface area (Å²) in [7, 11) is 1.68. The third-order valence-corrected chi connectivity index (χ3v) is 2.79. The summed E-state index contributed by atoms with van der Waals surface area (Å²) in [6.07, 6.45) is 3.53. The Morgan fingerprint density at radius 1 is 1.11 bits per heavy atom. The SMILES string of the molecule is COCCNCCCCCc1cc(F)ccc1F. The molecule has 0 spiro atoms. The normalized spacial score (nSPS) is 10.8. The van der Waals surface area contributed by atoms with E-state index in [9.17, 15) is 8.78 Å². The molecule has 0 unspecified atom stereocenters. The van der Waals surface area contributed by atoms with Gasteiger partial charge in [-0.2, -0.15) is 0 Å². The Kier molecular flexibility index (Phi) is 7.53. The van der Waals surface area contributed by atoms with Gasteiger partial charge in [-0.25, -0.2) is 8.78 Å². The molecule has 2 nitrogen and oxygen atoms in total. The number of hydrogen-bond acceptors (Lipinski definition) is 2. The Morgan fingerprint density at radius 2 is 1.94 bits per heavy atom. The van der Waals surface area contributed by atoms with Gasteiger partial charge in [-0.3, -0.25) is 0 Å². The average molecular weight is 257 g/mol. The van der Waals surface area contributed by atoms with Crippen molar-refractivity contribution in [1.82, 2.24) is 5.32 Å². The van der Waals surface area contributed by atoms with Crippen LogP contribution in [0.3, 0.4) is 0 Å². The second kappa shape index (κ2) is 9.00. The molecule has 0 fully saturated rings. The highest BCUT2D eigenvalue weighted by Gasteiger charge is 2.03. The van der Waals surface area contributed by atoms with E-state index in [0.717, 1.165) is 38.4 Å². The van der Waals surface area contributed by atoms with Gasteiger partial charge in [-0.05, 0) is 49.6 Å². The molecule has 0 aliphatic rings. The van der Waals surface area contributed by atoms with E-state index in [4.69, 9.17) is 4.74 Å². The summed E-state index contributed by atoms with van der Waals surface area (Å²) in [5, 5.41) is 3.25. The molecule has 0 radical (unpaired) electrons. The molecule has 1 aromatic rings. The van der Waals surface area contributed by atoms with Crippen LogP contribution in [-0.2, 0) is 11.2 Å². The maximum atomic E-state index is 13.3. The molecule has 0 saturated carbocycles. The molecule has 0 bridgehead atoms. The lowest BCUT2D eigenvalue weighted by atomic mass is 10.1. The van der Waals surface area contributed by atoms with E-state index < -0.39 is 0 Å². The van der Waals surface area contributed by atoms with Crippen LogP contribution in [0.25, 0.3) is 0 Å². The molecule has 1 aromatic carbocycles. The highest BCUT2D eigenvalue weighted by atomic mass is 19.1. The van der Waals surface area contributed by atoms with Crippen LogP contribution in [0.1, 0.15) is 24.8 Å². The Labute approximate surface area is 107 Å². The quantitative estimate of drug-likeness (QED) is 0.687. The van der Waals surface area contributed by atoms with Crippen LogP contribution in [0.5, 0.6) is 0 Å². The van der Waals surface area contributed by atoms with E-state index >= 15 is 0 Å². The van der Waals surface area contributed by atoms with Crippen molar-refractivity contribution in [2.24, 2.45) is 0 Å². The molecule has 102 valence electrons. The number of unbranched alkanes of at least 4 members (excludes halogenated alkanes) is 2. The topological polar surface area (TPSA) is 21.3 Å². The van der Waals surface area contributed by atoms with Gasteiger partial charge in [-0.1, -0.05) is 6.42 Å². The number of aryl methyl sites for hydroxylation is 1. The molecule has 4 heteroatoms. The third-order valence-electron chi connectivity index (χ3n) is 2.79. The summed E-state index contributed by atoms with van der Waals surface area (Å²) in [5.74, 6) is -0.678. The maximum absolute atomic E-state index is 13.3. The van der Waals surface area contributed by atoms with Gasteiger partial charge in [0.1, 0.15) is 11.6 Å². The summed E-state index contributed by atoms with van der Waals surface area (Å²) in [5.41, 5.74) is 0.474. The van der Waals surface area contributed by atoms with Gasteiger partial charge >= 0.3 is 0 Å². The lowest BCUT2D eigenvalue weighted by Gasteiger charge is -2.05. The zero-order chi connectivity index (χ0) is 13.2. The van der Waals surface area contributed by atoms with Crippen molar-refractivity contribution in [2.45, 2.75) is 25.7 Å². The predicted octanol–water partition coefficient (Wildman–Crippen LogP) is 2.91. The minimum Gasteiger partial charge on any atom is -0.383 e. The number of nitrogens with one attached hydrogen (secondary N) is 1. The Hall–Kier alpha value is -1.00. The first-order valence-electron chi connectivity index (χ1n) is 6.37. The number of methoxy groups -OCH3 is 1. The first-order chi connectivity index (χ1) is 8.74. The molecule has 0 aliphatic carbocycles. The minimum absolute atomic E-state index is 0.311. The van der Waals surface area contributed by atoms with E-state index in [2.05, 4.69) is 5.32 Å². The number of ether oxygens (including phenoxy) is 1. The van der Waals surface area contributed by atoms with E-state index in [1.165, 1.54) is 12.1 Å². The summed E-state index contributed by atoms with van der Waals surface area (Å²) < 4.78 is 31.1. The van der Waals surface area contributed by atoms with Crippen molar-refractivity contribution in [3.63, 3.8) is 0 Å². The van der Waals surface area contributed by atoms with Crippen LogP contribution < -0.4 is 5.32 Å². The van der Waals surface area contributed by atoms with Crippen molar-refractivity contribution in [3.8, 4) is 0 Å².